The molecular weight excluding hydrogens is 603 g/mol. The Morgan fingerprint density at radius 3 is 1.38 bits per heavy atom. The molecule has 1 nitrogen and oxygen atoms in total. The highest BCUT2D eigenvalue weighted by atomic mass is 15.1. The predicted molar refractivity (Wildman–Crippen MR) is 208 cm³/mol. The Morgan fingerprint density at radius 1 is 0.280 bits per heavy atom. The molecule has 1 heteroatoms. The van der Waals surface area contributed by atoms with Gasteiger partial charge in [0.1, 0.15) is 0 Å². The third kappa shape index (κ3) is 4.14. The van der Waals surface area contributed by atoms with Crippen molar-refractivity contribution in [3.05, 3.63) is 222 Å². The zero-order valence-corrected chi connectivity index (χ0v) is 27.5. The van der Waals surface area contributed by atoms with Crippen LogP contribution in [0.4, 0.5) is 17.1 Å². The molecule has 8 aromatic carbocycles. The maximum atomic E-state index is 2.47. The minimum Gasteiger partial charge on any atom is -0.310 e. The molecule has 1 spiro atoms. The van der Waals surface area contributed by atoms with Crippen LogP contribution in [0.3, 0.4) is 0 Å². The molecule has 0 heterocycles. The van der Waals surface area contributed by atoms with Crippen LogP contribution in [0.5, 0.6) is 0 Å². The molecular formula is C49H33N. The molecule has 10 rings (SSSR count). The maximum absolute atomic E-state index is 2.47. The van der Waals surface area contributed by atoms with Gasteiger partial charge in [-0.15, -0.1) is 0 Å². The van der Waals surface area contributed by atoms with E-state index in [1.54, 1.807) is 0 Å². The molecule has 0 saturated heterocycles. The molecule has 0 atom stereocenters. The van der Waals surface area contributed by atoms with E-state index in [0.29, 0.717) is 0 Å². The second-order valence-electron chi connectivity index (χ2n) is 13.3. The van der Waals surface area contributed by atoms with Crippen LogP contribution in [0, 0.1) is 0 Å². The summed E-state index contributed by atoms with van der Waals surface area (Å²) in [6.45, 7) is 0. The lowest BCUT2D eigenvalue weighted by atomic mass is 9.70. The Morgan fingerprint density at radius 2 is 0.740 bits per heavy atom. The van der Waals surface area contributed by atoms with Crippen molar-refractivity contribution < 1.29 is 0 Å². The molecule has 234 valence electrons. The van der Waals surface area contributed by atoms with E-state index in [1.165, 1.54) is 66.8 Å². The van der Waals surface area contributed by atoms with Crippen molar-refractivity contribution in [1.82, 2.24) is 0 Å². The molecule has 0 fully saturated rings. The molecule has 8 aromatic rings. The van der Waals surface area contributed by atoms with E-state index >= 15 is 0 Å². The van der Waals surface area contributed by atoms with Gasteiger partial charge in [0.15, 0.2) is 0 Å². The normalized spacial score (nSPS) is 13.0. The Labute approximate surface area is 293 Å². The number of hydrogen-bond donors (Lipinski definition) is 0. The topological polar surface area (TPSA) is 3.24 Å². The van der Waals surface area contributed by atoms with Crippen LogP contribution in [-0.4, -0.2) is 0 Å². The zero-order chi connectivity index (χ0) is 33.1. The van der Waals surface area contributed by atoms with Crippen molar-refractivity contribution in [3.63, 3.8) is 0 Å². The second-order valence-corrected chi connectivity index (χ2v) is 13.3. The quantitative estimate of drug-likeness (QED) is 0.182. The SMILES string of the molecule is c1ccc(-c2ccccc2N(c2ccccc2)c2cccc(-c3ccc4c(c3)C3(c5ccccc5-c5ccccc53)c3ccccc3-4)c2)cc1. The zero-order valence-electron chi connectivity index (χ0n) is 27.5. The maximum Gasteiger partial charge on any atom is 0.0725 e. The summed E-state index contributed by atoms with van der Waals surface area (Å²) in [5.41, 5.74) is 18.6. The third-order valence-electron chi connectivity index (χ3n) is 10.7. The van der Waals surface area contributed by atoms with Gasteiger partial charge in [0.25, 0.3) is 0 Å². The summed E-state index contributed by atoms with van der Waals surface area (Å²) in [5, 5.41) is 0. The molecule has 0 N–H and O–H groups in total. The molecule has 0 aliphatic heterocycles. The Hall–Kier alpha value is -6.44. The van der Waals surface area contributed by atoms with Crippen molar-refractivity contribution in [2.24, 2.45) is 0 Å². The fourth-order valence-electron chi connectivity index (χ4n) is 8.63. The van der Waals surface area contributed by atoms with Gasteiger partial charge in [-0.1, -0.05) is 164 Å². The first kappa shape index (κ1) is 28.6. The standard InChI is InChI=1S/C49H33N/c1-3-16-34(17-4-1)39-22-10-14-29-48(39)50(37-19-5-2-6-20-37)38-21-15-18-35(32-38)36-30-31-43-42-25-9-13-28-46(42)49(47(43)33-36)44-26-11-7-23-40(44)41-24-8-12-27-45(41)49/h1-33H. The highest BCUT2D eigenvalue weighted by Crippen LogP contribution is 2.63. The monoisotopic (exact) mass is 635 g/mol. The van der Waals surface area contributed by atoms with E-state index in [9.17, 15) is 0 Å². The van der Waals surface area contributed by atoms with Crippen LogP contribution in [0.2, 0.25) is 0 Å². The lowest BCUT2D eigenvalue weighted by Gasteiger charge is -2.31. The van der Waals surface area contributed by atoms with Crippen molar-refractivity contribution in [2.45, 2.75) is 5.41 Å². The summed E-state index contributed by atoms with van der Waals surface area (Å²) in [5.74, 6) is 0. The number of fused-ring (bicyclic) bond motifs is 10. The smallest absolute Gasteiger partial charge is 0.0725 e. The first-order valence-corrected chi connectivity index (χ1v) is 17.4. The van der Waals surface area contributed by atoms with E-state index < -0.39 is 0 Å². The summed E-state index contributed by atoms with van der Waals surface area (Å²) in [6, 6.07) is 73.3. The van der Waals surface area contributed by atoms with Crippen molar-refractivity contribution in [3.8, 4) is 44.5 Å². The molecule has 0 radical (unpaired) electrons. The minimum atomic E-state index is -0.364. The van der Waals surface area contributed by atoms with E-state index in [1.807, 2.05) is 0 Å². The first-order chi connectivity index (χ1) is 24.8. The number of nitrogens with zero attached hydrogens (tertiary/aromatic N) is 1. The van der Waals surface area contributed by atoms with Crippen molar-refractivity contribution in [2.75, 3.05) is 4.90 Å². The minimum absolute atomic E-state index is 0.364. The van der Waals surface area contributed by atoms with Gasteiger partial charge in [-0.25, -0.2) is 0 Å². The van der Waals surface area contributed by atoms with Gasteiger partial charge in [0.05, 0.1) is 11.1 Å². The van der Waals surface area contributed by atoms with Crippen LogP contribution in [-0.2, 0) is 5.41 Å². The summed E-state index contributed by atoms with van der Waals surface area (Å²) < 4.78 is 0. The number of para-hydroxylation sites is 2. The van der Waals surface area contributed by atoms with Gasteiger partial charge in [0, 0.05) is 16.9 Å². The molecule has 0 saturated carbocycles. The largest absolute Gasteiger partial charge is 0.310 e. The molecule has 0 amide bonds. The molecule has 0 unspecified atom stereocenters. The van der Waals surface area contributed by atoms with Gasteiger partial charge in [-0.3, -0.25) is 0 Å². The fourth-order valence-corrected chi connectivity index (χ4v) is 8.63. The van der Waals surface area contributed by atoms with Gasteiger partial charge in [0.2, 0.25) is 0 Å². The van der Waals surface area contributed by atoms with E-state index in [2.05, 4.69) is 205 Å². The van der Waals surface area contributed by atoms with Crippen molar-refractivity contribution in [1.29, 1.82) is 0 Å². The van der Waals surface area contributed by atoms with E-state index in [0.717, 1.165) is 17.1 Å². The Kier molecular flexibility index (Phi) is 6.47. The van der Waals surface area contributed by atoms with Gasteiger partial charge in [-0.2, -0.15) is 0 Å². The van der Waals surface area contributed by atoms with Crippen LogP contribution in [0.15, 0.2) is 200 Å². The van der Waals surface area contributed by atoms with E-state index in [4.69, 9.17) is 0 Å². The number of benzene rings is 8. The summed E-state index contributed by atoms with van der Waals surface area (Å²) in [4.78, 5) is 2.39. The summed E-state index contributed by atoms with van der Waals surface area (Å²) >= 11 is 0. The van der Waals surface area contributed by atoms with Gasteiger partial charge >= 0.3 is 0 Å². The average molecular weight is 636 g/mol. The van der Waals surface area contributed by atoms with Crippen LogP contribution in [0.1, 0.15) is 22.3 Å². The fraction of sp³-hybridized carbons (Fsp3) is 0.0204. The highest BCUT2D eigenvalue weighted by Gasteiger charge is 2.51. The van der Waals surface area contributed by atoms with Gasteiger partial charge < -0.3 is 4.90 Å². The van der Waals surface area contributed by atoms with Crippen molar-refractivity contribution >= 4 is 17.1 Å². The van der Waals surface area contributed by atoms with Crippen LogP contribution in [0.25, 0.3) is 44.5 Å². The number of hydrogen-bond acceptors (Lipinski definition) is 1. The first-order valence-electron chi connectivity index (χ1n) is 17.4. The van der Waals surface area contributed by atoms with Crippen LogP contribution >= 0.6 is 0 Å². The molecule has 50 heavy (non-hydrogen) atoms. The number of rotatable bonds is 5. The van der Waals surface area contributed by atoms with Gasteiger partial charge in [-0.05, 0) is 97.6 Å². The lowest BCUT2D eigenvalue weighted by Crippen LogP contribution is -2.25. The summed E-state index contributed by atoms with van der Waals surface area (Å²) in [6.07, 6.45) is 0. The second kappa shape index (κ2) is 11.3. The molecule has 2 aliphatic rings. The number of anilines is 3. The highest BCUT2D eigenvalue weighted by molar-refractivity contribution is 5.96. The average Bonchev–Trinajstić information content (AvgIpc) is 3.66. The van der Waals surface area contributed by atoms with E-state index in [-0.39, 0.29) is 5.41 Å². The Bertz CT molecular complexity index is 2480. The lowest BCUT2D eigenvalue weighted by molar-refractivity contribution is 0.794. The third-order valence-corrected chi connectivity index (χ3v) is 10.7. The molecule has 0 aromatic heterocycles. The molecule has 0 bridgehead atoms. The predicted octanol–water partition coefficient (Wildman–Crippen LogP) is 12.8. The summed E-state index contributed by atoms with van der Waals surface area (Å²) in [7, 11) is 0. The Balaban J connectivity index is 1.17. The van der Waals surface area contributed by atoms with Crippen LogP contribution < -0.4 is 4.90 Å². The molecule has 2 aliphatic carbocycles.